The number of imidazole rings is 1. The molecule has 6 heteroatoms. The summed E-state index contributed by atoms with van der Waals surface area (Å²) in [7, 11) is 0. The van der Waals surface area contributed by atoms with Crippen LogP contribution in [-0.2, 0) is 10.8 Å². The Kier molecular flexibility index (Phi) is 4.10. The van der Waals surface area contributed by atoms with E-state index in [-0.39, 0.29) is 0 Å². The fraction of sp³-hybridized carbons (Fsp3) is 0.143. The van der Waals surface area contributed by atoms with Crippen LogP contribution in [0.15, 0.2) is 65.7 Å². The Morgan fingerprint density at radius 2 is 2.20 bits per heavy atom. The Morgan fingerprint density at radius 1 is 1.25 bits per heavy atom. The van der Waals surface area contributed by atoms with E-state index in [0.29, 0.717) is 6.54 Å². The Hall–Kier alpha value is -1.30. The zero-order chi connectivity index (χ0) is 13.8. The molecule has 0 saturated heterocycles. The van der Waals surface area contributed by atoms with Gasteiger partial charge in [-0.1, -0.05) is 35.5 Å². The standard InChI is InChI=1S/C14H12ClN3S2/c15-14(12-4-3-9-19-12,10-18-8-7-16-11-18)20-13-5-1-2-6-17-13/h1-9,11H,10H2. The van der Waals surface area contributed by atoms with Crippen molar-refractivity contribution in [1.29, 1.82) is 0 Å². The summed E-state index contributed by atoms with van der Waals surface area (Å²) in [6.45, 7) is 0.635. The lowest BCUT2D eigenvalue weighted by Gasteiger charge is -2.25. The van der Waals surface area contributed by atoms with Gasteiger partial charge in [0.25, 0.3) is 0 Å². The van der Waals surface area contributed by atoms with Crippen molar-refractivity contribution in [2.45, 2.75) is 15.8 Å². The fourth-order valence-electron chi connectivity index (χ4n) is 1.84. The van der Waals surface area contributed by atoms with E-state index in [1.165, 1.54) is 0 Å². The number of thiophene rings is 1. The molecule has 20 heavy (non-hydrogen) atoms. The fourth-order valence-corrected chi connectivity index (χ4v) is 4.36. The van der Waals surface area contributed by atoms with E-state index in [0.717, 1.165) is 9.90 Å². The van der Waals surface area contributed by atoms with E-state index in [2.05, 4.69) is 16.0 Å². The molecule has 3 nitrogen and oxygen atoms in total. The maximum atomic E-state index is 6.92. The minimum Gasteiger partial charge on any atom is -0.334 e. The summed E-state index contributed by atoms with van der Waals surface area (Å²) >= 11 is 10.1. The smallest absolute Gasteiger partial charge is 0.147 e. The van der Waals surface area contributed by atoms with E-state index in [9.17, 15) is 0 Å². The number of hydrogen-bond acceptors (Lipinski definition) is 4. The van der Waals surface area contributed by atoms with Crippen LogP contribution in [-0.4, -0.2) is 14.5 Å². The van der Waals surface area contributed by atoms with Crippen LogP contribution in [0.1, 0.15) is 4.88 Å². The van der Waals surface area contributed by atoms with Crippen LogP contribution in [0.25, 0.3) is 0 Å². The normalized spacial score (nSPS) is 14.1. The highest BCUT2D eigenvalue weighted by molar-refractivity contribution is 8.01. The second-order valence-corrected chi connectivity index (χ2v) is 7.35. The molecule has 0 bridgehead atoms. The Bertz CT molecular complexity index is 640. The maximum absolute atomic E-state index is 6.92. The van der Waals surface area contributed by atoms with Gasteiger partial charge < -0.3 is 4.57 Å². The summed E-state index contributed by atoms with van der Waals surface area (Å²) < 4.78 is 1.41. The summed E-state index contributed by atoms with van der Waals surface area (Å²) in [4.78, 5) is 9.55. The summed E-state index contributed by atoms with van der Waals surface area (Å²) in [5.41, 5.74) is 0. The quantitative estimate of drug-likeness (QED) is 0.520. The zero-order valence-electron chi connectivity index (χ0n) is 10.5. The van der Waals surface area contributed by atoms with Gasteiger partial charge in [0, 0.05) is 23.5 Å². The summed E-state index contributed by atoms with van der Waals surface area (Å²) in [5, 5.41) is 2.95. The van der Waals surface area contributed by atoms with Crippen LogP contribution >= 0.6 is 34.7 Å². The van der Waals surface area contributed by atoms with Crippen molar-refractivity contribution in [3.8, 4) is 0 Å². The molecule has 1 atom stereocenters. The van der Waals surface area contributed by atoms with Crippen LogP contribution < -0.4 is 0 Å². The molecule has 0 aliphatic rings. The molecule has 0 fully saturated rings. The van der Waals surface area contributed by atoms with Gasteiger partial charge in [-0.2, -0.15) is 0 Å². The Morgan fingerprint density at radius 3 is 2.85 bits per heavy atom. The van der Waals surface area contributed by atoms with Crippen molar-refractivity contribution < 1.29 is 0 Å². The van der Waals surface area contributed by atoms with Gasteiger partial charge in [-0.25, -0.2) is 9.97 Å². The van der Waals surface area contributed by atoms with Crippen LogP contribution in [0.3, 0.4) is 0 Å². The third kappa shape index (κ3) is 3.06. The molecular formula is C14H12ClN3S2. The average molecular weight is 322 g/mol. The molecule has 3 aromatic rings. The van der Waals surface area contributed by atoms with E-state index in [4.69, 9.17) is 11.6 Å². The lowest BCUT2D eigenvalue weighted by Crippen LogP contribution is -2.20. The second-order valence-electron chi connectivity index (χ2n) is 4.21. The van der Waals surface area contributed by atoms with Crippen molar-refractivity contribution in [3.05, 3.63) is 65.5 Å². The van der Waals surface area contributed by atoms with Gasteiger partial charge in [-0.3, -0.25) is 0 Å². The number of aromatic nitrogens is 3. The Balaban J connectivity index is 1.91. The van der Waals surface area contributed by atoms with Crippen LogP contribution in [0.4, 0.5) is 0 Å². The summed E-state index contributed by atoms with van der Waals surface area (Å²) in [6.07, 6.45) is 7.25. The predicted octanol–water partition coefficient (Wildman–Crippen LogP) is 4.22. The summed E-state index contributed by atoms with van der Waals surface area (Å²) in [5.74, 6) is 0. The highest BCUT2D eigenvalue weighted by Gasteiger charge is 2.33. The SMILES string of the molecule is ClC(Cn1ccnc1)(Sc1ccccn1)c1cccs1. The van der Waals surface area contributed by atoms with Crippen molar-refractivity contribution >= 4 is 34.7 Å². The molecule has 0 N–H and O–H groups in total. The molecule has 0 aliphatic carbocycles. The minimum absolute atomic E-state index is 0.580. The van der Waals surface area contributed by atoms with Crippen molar-refractivity contribution in [2.75, 3.05) is 0 Å². The Labute approximate surface area is 130 Å². The molecule has 0 aliphatic heterocycles. The van der Waals surface area contributed by atoms with E-state index in [1.807, 2.05) is 40.4 Å². The molecule has 102 valence electrons. The number of pyridine rings is 1. The van der Waals surface area contributed by atoms with Gasteiger partial charge in [0.1, 0.15) is 4.21 Å². The first-order valence-electron chi connectivity index (χ1n) is 6.05. The summed E-state index contributed by atoms with van der Waals surface area (Å²) in [6, 6.07) is 9.93. The van der Waals surface area contributed by atoms with Gasteiger partial charge in [-0.15, -0.1) is 11.3 Å². The first-order chi connectivity index (χ1) is 9.76. The van der Waals surface area contributed by atoms with Crippen molar-refractivity contribution in [1.82, 2.24) is 14.5 Å². The molecule has 3 rings (SSSR count). The molecule has 3 aromatic heterocycles. The first kappa shape index (κ1) is 13.7. The maximum Gasteiger partial charge on any atom is 0.147 e. The molecular weight excluding hydrogens is 310 g/mol. The predicted molar refractivity (Wildman–Crippen MR) is 84.2 cm³/mol. The van der Waals surface area contributed by atoms with E-state index in [1.54, 1.807) is 41.8 Å². The number of nitrogens with zero attached hydrogens (tertiary/aromatic N) is 3. The molecule has 0 amide bonds. The number of hydrogen-bond donors (Lipinski definition) is 0. The van der Waals surface area contributed by atoms with E-state index >= 15 is 0 Å². The molecule has 0 radical (unpaired) electrons. The monoisotopic (exact) mass is 321 g/mol. The highest BCUT2D eigenvalue weighted by atomic mass is 35.5. The molecule has 0 spiro atoms. The van der Waals surface area contributed by atoms with Gasteiger partial charge in [-0.05, 0) is 23.6 Å². The minimum atomic E-state index is -0.580. The lowest BCUT2D eigenvalue weighted by atomic mass is 10.3. The first-order valence-corrected chi connectivity index (χ1v) is 8.12. The third-order valence-corrected chi connectivity index (χ3v) is 5.69. The van der Waals surface area contributed by atoms with Crippen LogP contribution in [0, 0.1) is 0 Å². The largest absolute Gasteiger partial charge is 0.334 e. The molecule has 0 aromatic carbocycles. The number of halogens is 1. The second kappa shape index (κ2) is 5.99. The third-order valence-electron chi connectivity index (χ3n) is 2.74. The highest BCUT2D eigenvalue weighted by Crippen LogP contribution is 2.47. The average Bonchev–Trinajstić information content (AvgIpc) is 3.12. The van der Waals surface area contributed by atoms with Gasteiger partial charge in [0.15, 0.2) is 0 Å². The lowest BCUT2D eigenvalue weighted by molar-refractivity contribution is 0.647. The molecule has 1 unspecified atom stereocenters. The molecule has 0 saturated carbocycles. The number of thioether (sulfide) groups is 1. The van der Waals surface area contributed by atoms with E-state index < -0.39 is 4.21 Å². The van der Waals surface area contributed by atoms with Gasteiger partial charge in [0.05, 0.1) is 17.9 Å². The molecule has 3 heterocycles. The van der Waals surface area contributed by atoms with Gasteiger partial charge in [0.2, 0.25) is 0 Å². The number of rotatable bonds is 5. The van der Waals surface area contributed by atoms with Gasteiger partial charge >= 0.3 is 0 Å². The topological polar surface area (TPSA) is 30.7 Å². The van der Waals surface area contributed by atoms with Crippen molar-refractivity contribution in [2.24, 2.45) is 0 Å². The zero-order valence-corrected chi connectivity index (χ0v) is 12.9. The number of alkyl halides is 1. The van der Waals surface area contributed by atoms with Crippen LogP contribution in [0.2, 0.25) is 0 Å². The van der Waals surface area contributed by atoms with Crippen LogP contribution in [0.5, 0.6) is 0 Å². The van der Waals surface area contributed by atoms with Crippen molar-refractivity contribution in [3.63, 3.8) is 0 Å².